The molecule has 1 saturated heterocycles. The molecule has 6 nitrogen and oxygen atoms in total. The first kappa shape index (κ1) is 20.5. The Morgan fingerprint density at radius 2 is 2.03 bits per heavy atom. The Labute approximate surface area is 194 Å². The summed E-state index contributed by atoms with van der Waals surface area (Å²) in [5, 5.41) is 14.4. The lowest BCUT2D eigenvalue weighted by atomic mass is 9.95. The Bertz CT molecular complexity index is 1060. The lowest BCUT2D eigenvalue weighted by Gasteiger charge is -2.21. The second-order valence-electron chi connectivity index (χ2n) is 8.34. The molecule has 30 heavy (non-hydrogen) atoms. The second kappa shape index (κ2) is 7.97. The van der Waals surface area contributed by atoms with Gasteiger partial charge in [-0.25, -0.2) is 0 Å². The summed E-state index contributed by atoms with van der Waals surface area (Å²) in [6.45, 7) is 3.56. The molecule has 0 amide bonds. The molecule has 2 aromatic heterocycles. The Kier molecular flexibility index (Phi) is 5.46. The number of hydrogen-bond donors (Lipinski definition) is 0. The van der Waals surface area contributed by atoms with Crippen molar-refractivity contribution in [1.29, 1.82) is 0 Å². The van der Waals surface area contributed by atoms with E-state index in [1.165, 1.54) is 25.1 Å². The van der Waals surface area contributed by atoms with E-state index in [2.05, 4.69) is 60.4 Å². The number of aryl methyl sites for hydroxylation is 1. The molecule has 2 fully saturated rings. The van der Waals surface area contributed by atoms with Crippen LogP contribution in [-0.4, -0.2) is 54.8 Å². The maximum Gasteiger partial charge on any atom is 0.191 e. The Morgan fingerprint density at radius 3 is 2.77 bits per heavy atom. The number of aromatic nitrogens is 5. The third-order valence-corrected chi connectivity index (χ3v) is 8.51. The van der Waals surface area contributed by atoms with Gasteiger partial charge in [-0.1, -0.05) is 51.4 Å². The molecular weight excluding hydrogens is 484 g/mol. The summed E-state index contributed by atoms with van der Waals surface area (Å²) >= 11 is 11.6. The topological polar surface area (TPSA) is 51.8 Å². The highest BCUT2D eigenvalue weighted by molar-refractivity contribution is 9.10. The predicted octanol–water partition coefficient (Wildman–Crippen LogP) is 4.39. The second-order valence-corrected chi connectivity index (χ2v) is 10.7. The van der Waals surface area contributed by atoms with Crippen molar-refractivity contribution in [3.63, 3.8) is 0 Å². The molecule has 2 aliphatic rings. The zero-order valence-electron chi connectivity index (χ0n) is 17.1. The van der Waals surface area contributed by atoms with Crippen LogP contribution in [0.3, 0.4) is 0 Å². The first-order valence-electron chi connectivity index (χ1n) is 10.2. The first-order valence-corrected chi connectivity index (χ1v) is 12.3. The first-order chi connectivity index (χ1) is 14.5. The maximum absolute atomic E-state index is 6.31. The number of hydrogen-bond acceptors (Lipinski definition) is 5. The molecule has 0 radical (unpaired) electrons. The van der Waals surface area contributed by atoms with Gasteiger partial charge in [0, 0.05) is 42.8 Å². The van der Waals surface area contributed by atoms with Gasteiger partial charge in [-0.05, 0) is 43.0 Å². The lowest BCUT2D eigenvalue weighted by Crippen LogP contribution is -2.27. The number of piperidine rings is 1. The summed E-state index contributed by atoms with van der Waals surface area (Å²) < 4.78 is 4.80. The van der Waals surface area contributed by atoms with E-state index in [1.54, 1.807) is 22.6 Å². The highest BCUT2D eigenvalue weighted by atomic mass is 79.9. The number of nitrogens with zero attached hydrogens (tertiary/aromatic N) is 6. The van der Waals surface area contributed by atoms with Crippen LogP contribution in [0.15, 0.2) is 40.1 Å². The van der Waals surface area contributed by atoms with E-state index < -0.39 is 0 Å². The third kappa shape index (κ3) is 3.61. The number of likely N-dealkylation sites (tertiary alicyclic amines) is 1. The highest BCUT2D eigenvalue weighted by Gasteiger charge is 2.60. The van der Waals surface area contributed by atoms with Crippen LogP contribution in [-0.2, 0) is 19.5 Å². The molecule has 3 heterocycles. The summed E-state index contributed by atoms with van der Waals surface area (Å²) in [6, 6.07) is 8.94. The highest BCUT2D eigenvalue weighted by Crippen LogP contribution is 2.59. The SMILES string of the molecule is Cn1ncc(-c2nnc(SCCCN3C[C@@H]4C[C@]4(c4ccc(Br)cc4)C3)n2C)c1Cl. The van der Waals surface area contributed by atoms with Crippen molar-refractivity contribution in [3.05, 3.63) is 45.7 Å². The van der Waals surface area contributed by atoms with Crippen molar-refractivity contribution in [2.75, 3.05) is 25.4 Å². The number of thioether (sulfide) groups is 1. The van der Waals surface area contributed by atoms with Gasteiger partial charge in [-0.15, -0.1) is 10.2 Å². The van der Waals surface area contributed by atoms with E-state index in [4.69, 9.17) is 11.6 Å². The van der Waals surface area contributed by atoms with Crippen molar-refractivity contribution in [2.24, 2.45) is 20.0 Å². The number of rotatable bonds is 7. The normalized spacial score (nSPS) is 23.1. The van der Waals surface area contributed by atoms with E-state index in [1.807, 2.05) is 18.7 Å². The molecule has 1 saturated carbocycles. The zero-order chi connectivity index (χ0) is 20.9. The van der Waals surface area contributed by atoms with Crippen molar-refractivity contribution < 1.29 is 0 Å². The van der Waals surface area contributed by atoms with Crippen LogP contribution in [0, 0.1) is 5.92 Å². The maximum atomic E-state index is 6.31. The number of halogens is 2. The number of fused-ring (bicyclic) bond motifs is 1. The van der Waals surface area contributed by atoms with Crippen LogP contribution in [0.4, 0.5) is 0 Å². The molecule has 5 rings (SSSR count). The fraction of sp³-hybridized carbons (Fsp3) is 0.476. The molecule has 3 aromatic rings. The van der Waals surface area contributed by atoms with Crippen LogP contribution in [0.1, 0.15) is 18.4 Å². The van der Waals surface area contributed by atoms with Gasteiger partial charge in [0.1, 0.15) is 5.15 Å². The molecule has 0 bridgehead atoms. The van der Waals surface area contributed by atoms with Gasteiger partial charge in [0.15, 0.2) is 11.0 Å². The summed E-state index contributed by atoms with van der Waals surface area (Å²) in [5.41, 5.74) is 2.73. The van der Waals surface area contributed by atoms with E-state index in [-0.39, 0.29) is 0 Å². The van der Waals surface area contributed by atoms with Crippen molar-refractivity contribution in [3.8, 4) is 11.4 Å². The summed E-state index contributed by atoms with van der Waals surface area (Å²) in [7, 11) is 3.80. The monoisotopic (exact) mass is 506 g/mol. The summed E-state index contributed by atoms with van der Waals surface area (Å²) in [4.78, 5) is 2.63. The molecule has 0 spiro atoms. The minimum absolute atomic E-state index is 0.412. The van der Waals surface area contributed by atoms with Gasteiger partial charge in [0.05, 0.1) is 11.8 Å². The molecule has 1 aliphatic carbocycles. The minimum atomic E-state index is 0.412. The van der Waals surface area contributed by atoms with Gasteiger partial charge in [-0.3, -0.25) is 4.68 Å². The van der Waals surface area contributed by atoms with E-state index in [0.717, 1.165) is 45.7 Å². The van der Waals surface area contributed by atoms with Crippen LogP contribution in [0.5, 0.6) is 0 Å². The average Bonchev–Trinajstić information content (AvgIpc) is 2.98. The number of benzene rings is 1. The standard InChI is InChI=1S/C21H24BrClN6S/c1-27-19(17-11-24-28(2)18(17)23)25-26-20(27)30-9-3-8-29-12-15-10-21(15,13-29)14-4-6-16(22)7-5-14/h4-7,11,15H,3,8-10,12-13H2,1-2H3/t15-,21+/m0/s1. The fourth-order valence-electron chi connectivity index (χ4n) is 4.69. The molecule has 1 aromatic carbocycles. The predicted molar refractivity (Wildman–Crippen MR) is 124 cm³/mol. The molecule has 0 unspecified atom stereocenters. The van der Waals surface area contributed by atoms with Gasteiger partial charge in [-0.2, -0.15) is 5.10 Å². The quantitative estimate of drug-likeness (QED) is 0.351. The summed E-state index contributed by atoms with van der Waals surface area (Å²) in [5.74, 6) is 2.61. The van der Waals surface area contributed by atoms with E-state index in [9.17, 15) is 0 Å². The van der Waals surface area contributed by atoms with Crippen LogP contribution >= 0.6 is 39.3 Å². The van der Waals surface area contributed by atoms with Crippen LogP contribution < -0.4 is 0 Å². The molecular formula is C21H24BrClN6S. The van der Waals surface area contributed by atoms with Gasteiger partial charge < -0.3 is 9.47 Å². The van der Waals surface area contributed by atoms with Gasteiger partial charge in [0.25, 0.3) is 0 Å². The van der Waals surface area contributed by atoms with Crippen molar-refractivity contribution in [1.82, 2.24) is 29.4 Å². The van der Waals surface area contributed by atoms with Gasteiger partial charge in [0.2, 0.25) is 0 Å². The Hall–Kier alpha value is -1.35. The molecule has 1 aliphatic heterocycles. The van der Waals surface area contributed by atoms with Gasteiger partial charge >= 0.3 is 0 Å². The van der Waals surface area contributed by atoms with Crippen LogP contribution in [0.2, 0.25) is 5.15 Å². The molecule has 0 N–H and O–H groups in total. The van der Waals surface area contributed by atoms with E-state index in [0.29, 0.717) is 10.6 Å². The largest absolute Gasteiger partial charge is 0.305 e. The minimum Gasteiger partial charge on any atom is -0.305 e. The lowest BCUT2D eigenvalue weighted by molar-refractivity contribution is 0.299. The zero-order valence-corrected chi connectivity index (χ0v) is 20.2. The van der Waals surface area contributed by atoms with Crippen molar-refractivity contribution in [2.45, 2.75) is 23.4 Å². The molecule has 158 valence electrons. The smallest absolute Gasteiger partial charge is 0.191 e. The Morgan fingerprint density at radius 1 is 1.23 bits per heavy atom. The molecule has 2 atom stereocenters. The third-order valence-electron chi connectivity index (χ3n) is 6.43. The average molecular weight is 508 g/mol. The fourth-order valence-corrected chi connectivity index (χ4v) is 5.96. The van der Waals surface area contributed by atoms with Crippen LogP contribution in [0.25, 0.3) is 11.4 Å². The summed E-state index contributed by atoms with van der Waals surface area (Å²) in [6.07, 6.45) is 4.23. The van der Waals surface area contributed by atoms with E-state index >= 15 is 0 Å². The molecule has 9 heteroatoms. The Balaban J connectivity index is 1.13. The van der Waals surface area contributed by atoms with Crippen molar-refractivity contribution >= 4 is 39.3 Å².